The van der Waals surface area contributed by atoms with Crippen molar-refractivity contribution in [2.24, 2.45) is 17.6 Å². The summed E-state index contributed by atoms with van der Waals surface area (Å²) in [6, 6.07) is 0.390. The number of hydrogen-bond acceptors (Lipinski definition) is 3. The maximum absolute atomic E-state index is 6.09. The van der Waals surface area contributed by atoms with Gasteiger partial charge in [-0.3, -0.25) is 0 Å². The maximum atomic E-state index is 6.09. The summed E-state index contributed by atoms with van der Waals surface area (Å²) in [6.07, 6.45) is 0. The highest BCUT2D eigenvalue weighted by Gasteiger charge is 2.37. The van der Waals surface area contributed by atoms with Crippen molar-refractivity contribution in [3.8, 4) is 0 Å². The maximum Gasteiger partial charge on any atom is 0.0521 e. The molecule has 2 rings (SSSR count). The average Bonchev–Trinajstić information content (AvgIpc) is 2.04. The van der Waals surface area contributed by atoms with Crippen LogP contribution in [0.4, 0.5) is 0 Å². The molecule has 2 saturated heterocycles. The van der Waals surface area contributed by atoms with Crippen LogP contribution in [0.1, 0.15) is 6.92 Å². The number of piperidine rings is 1. The van der Waals surface area contributed by atoms with Gasteiger partial charge in [-0.05, 0) is 6.54 Å². The summed E-state index contributed by atoms with van der Waals surface area (Å²) in [5.41, 5.74) is 6.09. The summed E-state index contributed by atoms with van der Waals surface area (Å²) in [7, 11) is 0. The van der Waals surface area contributed by atoms with Crippen molar-refractivity contribution in [2.75, 3.05) is 32.8 Å². The minimum atomic E-state index is 0.390. The lowest BCUT2D eigenvalue weighted by Gasteiger charge is -2.45. The SMILES string of the molecule is CCN1CC2COCC(C1)C2N. The number of nitrogens with two attached hydrogens (primary N) is 1. The molecule has 0 radical (unpaired) electrons. The molecule has 0 amide bonds. The highest BCUT2D eigenvalue weighted by atomic mass is 16.5. The van der Waals surface area contributed by atoms with E-state index in [1.54, 1.807) is 0 Å². The summed E-state index contributed by atoms with van der Waals surface area (Å²) in [6.45, 7) is 7.37. The Balaban J connectivity index is 2.02. The second kappa shape index (κ2) is 3.32. The number of ether oxygens (including phenoxy) is 1. The molecule has 0 aromatic carbocycles. The first-order valence-corrected chi connectivity index (χ1v) is 4.87. The van der Waals surface area contributed by atoms with Crippen molar-refractivity contribution < 1.29 is 4.74 Å². The van der Waals surface area contributed by atoms with E-state index in [1.807, 2.05) is 0 Å². The Labute approximate surface area is 73.9 Å². The lowest BCUT2D eigenvalue weighted by molar-refractivity contribution is -0.0532. The van der Waals surface area contributed by atoms with E-state index in [-0.39, 0.29) is 0 Å². The van der Waals surface area contributed by atoms with Gasteiger partial charge in [-0.15, -0.1) is 0 Å². The lowest BCUT2D eigenvalue weighted by Crippen LogP contribution is -2.58. The van der Waals surface area contributed by atoms with Crippen LogP contribution in [-0.2, 0) is 4.74 Å². The van der Waals surface area contributed by atoms with E-state index in [4.69, 9.17) is 10.5 Å². The second-order valence-corrected chi connectivity index (χ2v) is 3.99. The van der Waals surface area contributed by atoms with Gasteiger partial charge in [0.1, 0.15) is 0 Å². The smallest absolute Gasteiger partial charge is 0.0521 e. The molecule has 0 aromatic heterocycles. The quantitative estimate of drug-likeness (QED) is 0.598. The monoisotopic (exact) mass is 170 g/mol. The van der Waals surface area contributed by atoms with E-state index < -0.39 is 0 Å². The third-order valence-corrected chi connectivity index (χ3v) is 3.19. The largest absolute Gasteiger partial charge is 0.381 e. The van der Waals surface area contributed by atoms with Crippen LogP contribution >= 0.6 is 0 Å². The number of rotatable bonds is 1. The van der Waals surface area contributed by atoms with E-state index in [0.717, 1.165) is 32.8 Å². The summed E-state index contributed by atoms with van der Waals surface area (Å²) < 4.78 is 5.49. The molecule has 2 N–H and O–H groups in total. The molecule has 0 saturated carbocycles. The molecule has 70 valence electrons. The summed E-state index contributed by atoms with van der Waals surface area (Å²) in [5.74, 6) is 1.16. The molecule has 2 fully saturated rings. The van der Waals surface area contributed by atoms with Crippen molar-refractivity contribution in [1.82, 2.24) is 4.90 Å². The average molecular weight is 170 g/mol. The third kappa shape index (κ3) is 1.37. The number of likely N-dealkylation sites (tertiary alicyclic amines) is 1. The van der Waals surface area contributed by atoms with Crippen LogP contribution in [-0.4, -0.2) is 43.8 Å². The Morgan fingerprint density at radius 1 is 1.33 bits per heavy atom. The topological polar surface area (TPSA) is 38.5 Å². The van der Waals surface area contributed by atoms with Gasteiger partial charge >= 0.3 is 0 Å². The first-order valence-electron chi connectivity index (χ1n) is 4.87. The van der Waals surface area contributed by atoms with E-state index in [2.05, 4.69) is 11.8 Å². The van der Waals surface area contributed by atoms with Gasteiger partial charge in [0.2, 0.25) is 0 Å². The van der Waals surface area contributed by atoms with Gasteiger partial charge in [-0.25, -0.2) is 0 Å². The molecule has 2 aliphatic heterocycles. The second-order valence-electron chi connectivity index (χ2n) is 3.99. The zero-order valence-electron chi connectivity index (χ0n) is 7.70. The molecule has 0 spiro atoms. The number of hydrogen-bond donors (Lipinski definition) is 1. The molecule has 3 heteroatoms. The first-order chi connectivity index (χ1) is 5.81. The Morgan fingerprint density at radius 3 is 2.42 bits per heavy atom. The van der Waals surface area contributed by atoms with Crippen LogP contribution in [0.15, 0.2) is 0 Å². The van der Waals surface area contributed by atoms with Gasteiger partial charge < -0.3 is 15.4 Å². The fourth-order valence-electron chi connectivity index (χ4n) is 2.32. The standard InChI is InChI=1S/C9H18N2O/c1-2-11-3-7-5-12-6-8(4-11)9(7)10/h7-9H,2-6,10H2,1H3. The molecule has 2 atom stereocenters. The van der Waals surface area contributed by atoms with E-state index in [0.29, 0.717) is 17.9 Å². The fourth-order valence-corrected chi connectivity index (χ4v) is 2.32. The lowest BCUT2D eigenvalue weighted by atomic mass is 9.83. The van der Waals surface area contributed by atoms with Crippen molar-refractivity contribution in [2.45, 2.75) is 13.0 Å². The third-order valence-electron chi connectivity index (χ3n) is 3.19. The van der Waals surface area contributed by atoms with Crippen LogP contribution in [0.25, 0.3) is 0 Å². The molecule has 3 nitrogen and oxygen atoms in total. The van der Waals surface area contributed by atoms with Crippen LogP contribution in [0.5, 0.6) is 0 Å². The number of fused-ring (bicyclic) bond motifs is 2. The molecular formula is C9H18N2O. The summed E-state index contributed by atoms with van der Waals surface area (Å²) >= 11 is 0. The zero-order chi connectivity index (χ0) is 8.55. The molecule has 2 heterocycles. The molecule has 2 bridgehead atoms. The van der Waals surface area contributed by atoms with Gasteiger partial charge in [-0.2, -0.15) is 0 Å². The van der Waals surface area contributed by atoms with Gasteiger partial charge in [0.05, 0.1) is 13.2 Å². The molecule has 12 heavy (non-hydrogen) atoms. The Bertz CT molecular complexity index is 149. The highest BCUT2D eigenvalue weighted by molar-refractivity contribution is 4.91. The van der Waals surface area contributed by atoms with Gasteiger partial charge in [-0.1, -0.05) is 6.92 Å². The normalized spacial score (nSPS) is 43.0. The predicted octanol–water partition coefficient (Wildman–Crippen LogP) is -0.0882. The fraction of sp³-hybridized carbons (Fsp3) is 1.00. The van der Waals surface area contributed by atoms with Crippen LogP contribution in [0.3, 0.4) is 0 Å². The minimum absolute atomic E-state index is 0.390. The summed E-state index contributed by atoms with van der Waals surface area (Å²) in [4.78, 5) is 2.49. The molecule has 2 unspecified atom stereocenters. The highest BCUT2D eigenvalue weighted by Crippen LogP contribution is 2.25. The summed E-state index contributed by atoms with van der Waals surface area (Å²) in [5, 5.41) is 0. The van der Waals surface area contributed by atoms with E-state index in [1.165, 1.54) is 0 Å². The Morgan fingerprint density at radius 2 is 1.92 bits per heavy atom. The minimum Gasteiger partial charge on any atom is -0.381 e. The van der Waals surface area contributed by atoms with Crippen LogP contribution in [0, 0.1) is 11.8 Å². The van der Waals surface area contributed by atoms with Crippen molar-refractivity contribution >= 4 is 0 Å². The Hall–Kier alpha value is -0.120. The zero-order valence-corrected chi connectivity index (χ0v) is 7.70. The van der Waals surface area contributed by atoms with Crippen molar-refractivity contribution in [3.63, 3.8) is 0 Å². The first kappa shape index (κ1) is 8.48. The van der Waals surface area contributed by atoms with Crippen LogP contribution < -0.4 is 5.73 Å². The van der Waals surface area contributed by atoms with E-state index >= 15 is 0 Å². The Kier molecular flexibility index (Phi) is 2.35. The van der Waals surface area contributed by atoms with Gasteiger partial charge in [0.15, 0.2) is 0 Å². The molecular weight excluding hydrogens is 152 g/mol. The van der Waals surface area contributed by atoms with Crippen molar-refractivity contribution in [3.05, 3.63) is 0 Å². The number of nitrogens with zero attached hydrogens (tertiary/aromatic N) is 1. The van der Waals surface area contributed by atoms with Crippen LogP contribution in [0.2, 0.25) is 0 Å². The molecule has 0 aliphatic carbocycles. The van der Waals surface area contributed by atoms with E-state index in [9.17, 15) is 0 Å². The van der Waals surface area contributed by atoms with Crippen molar-refractivity contribution in [1.29, 1.82) is 0 Å². The van der Waals surface area contributed by atoms with Gasteiger partial charge in [0.25, 0.3) is 0 Å². The molecule has 2 aliphatic rings. The predicted molar refractivity (Wildman–Crippen MR) is 47.9 cm³/mol. The molecule has 0 aromatic rings. The van der Waals surface area contributed by atoms with Gasteiger partial charge in [0, 0.05) is 31.0 Å².